The summed E-state index contributed by atoms with van der Waals surface area (Å²) in [6.07, 6.45) is 3.19. The summed E-state index contributed by atoms with van der Waals surface area (Å²) in [6.45, 7) is 1.51. The molecular weight excluding hydrogens is 382 g/mol. The highest BCUT2D eigenvalue weighted by Crippen LogP contribution is 2.28. The van der Waals surface area contributed by atoms with Crippen LogP contribution < -0.4 is 20.1 Å². The van der Waals surface area contributed by atoms with Gasteiger partial charge >= 0.3 is 0 Å². The SMILES string of the molecule is COc1ccc(OC)c(NC(=O)CNC(C(=O)N2CCCCC2)c2ccccc2)c1. The number of carbonyl (C=O) groups is 2. The highest BCUT2D eigenvalue weighted by Gasteiger charge is 2.27. The van der Waals surface area contributed by atoms with E-state index in [9.17, 15) is 9.59 Å². The van der Waals surface area contributed by atoms with Crippen molar-refractivity contribution >= 4 is 17.5 Å². The van der Waals surface area contributed by atoms with Crippen LogP contribution >= 0.6 is 0 Å². The van der Waals surface area contributed by atoms with Crippen molar-refractivity contribution in [1.82, 2.24) is 10.2 Å². The van der Waals surface area contributed by atoms with E-state index in [4.69, 9.17) is 9.47 Å². The third-order valence-corrected chi connectivity index (χ3v) is 5.20. The van der Waals surface area contributed by atoms with Crippen molar-refractivity contribution in [2.45, 2.75) is 25.3 Å². The van der Waals surface area contributed by atoms with E-state index < -0.39 is 6.04 Å². The lowest BCUT2D eigenvalue weighted by Crippen LogP contribution is -2.45. The van der Waals surface area contributed by atoms with Gasteiger partial charge < -0.3 is 19.7 Å². The smallest absolute Gasteiger partial charge is 0.244 e. The predicted molar refractivity (Wildman–Crippen MR) is 116 cm³/mol. The molecule has 1 saturated heterocycles. The van der Waals surface area contributed by atoms with Crippen LogP contribution in [0.15, 0.2) is 48.5 Å². The van der Waals surface area contributed by atoms with Crippen LogP contribution in [0.5, 0.6) is 11.5 Å². The molecule has 1 fully saturated rings. The van der Waals surface area contributed by atoms with Crippen molar-refractivity contribution in [2.75, 3.05) is 39.2 Å². The average molecular weight is 412 g/mol. The van der Waals surface area contributed by atoms with E-state index in [1.54, 1.807) is 32.4 Å². The fraction of sp³-hybridized carbons (Fsp3) is 0.391. The summed E-state index contributed by atoms with van der Waals surface area (Å²) in [4.78, 5) is 27.7. The fourth-order valence-electron chi connectivity index (χ4n) is 3.59. The zero-order chi connectivity index (χ0) is 21.3. The minimum absolute atomic E-state index is 0.00709. The lowest BCUT2D eigenvalue weighted by Gasteiger charge is -2.31. The van der Waals surface area contributed by atoms with Gasteiger partial charge in [-0.05, 0) is 37.0 Å². The van der Waals surface area contributed by atoms with Gasteiger partial charge in [0.2, 0.25) is 11.8 Å². The number of nitrogens with one attached hydrogen (secondary N) is 2. The van der Waals surface area contributed by atoms with Crippen LogP contribution in [0.25, 0.3) is 0 Å². The van der Waals surface area contributed by atoms with Crippen LogP contribution in [0, 0.1) is 0 Å². The number of hydrogen-bond donors (Lipinski definition) is 2. The third-order valence-electron chi connectivity index (χ3n) is 5.20. The van der Waals surface area contributed by atoms with E-state index in [0.717, 1.165) is 37.9 Å². The molecule has 0 saturated carbocycles. The van der Waals surface area contributed by atoms with Crippen LogP contribution in [0.2, 0.25) is 0 Å². The van der Waals surface area contributed by atoms with Crippen LogP contribution in [-0.2, 0) is 9.59 Å². The first-order valence-corrected chi connectivity index (χ1v) is 10.2. The van der Waals surface area contributed by atoms with E-state index in [1.165, 1.54) is 0 Å². The topological polar surface area (TPSA) is 79.9 Å². The van der Waals surface area contributed by atoms with Crippen molar-refractivity contribution < 1.29 is 19.1 Å². The lowest BCUT2D eigenvalue weighted by atomic mass is 10.0. The average Bonchev–Trinajstić information content (AvgIpc) is 2.80. The van der Waals surface area contributed by atoms with Crippen LogP contribution in [0.3, 0.4) is 0 Å². The Kier molecular flexibility index (Phi) is 7.68. The summed E-state index contributed by atoms with van der Waals surface area (Å²) < 4.78 is 10.5. The van der Waals surface area contributed by atoms with Gasteiger partial charge in [-0.1, -0.05) is 30.3 Å². The number of methoxy groups -OCH3 is 2. The molecule has 1 aliphatic heterocycles. The number of piperidine rings is 1. The molecule has 0 spiro atoms. The molecule has 1 atom stereocenters. The minimum atomic E-state index is -0.567. The molecule has 2 N–H and O–H groups in total. The molecule has 2 aromatic carbocycles. The van der Waals surface area contributed by atoms with Crippen LogP contribution in [0.4, 0.5) is 5.69 Å². The van der Waals surface area contributed by atoms with Gasteiger partial charge in [0.25, 0.3) is 0 Å². The zero-order valence-corrected chi connectivity index (χ0v) is 17.5. The highest BCUT2D eigenvalue weighted by atomic mass is 16.5. The van der Waals surface area contributed by atoms with Crippen LogP contribution in [0.1, 0.15) is 30.9 Å². The van der Waals surface area contributed by atoms with Crippen molar-refractivity contribution in [3.05, 3.63) is 54.1 Å². The number of anilines is 1. The molecule has 7 nitrogen and oxygen atoms in total. The number of nitrogens with zero attached hydrogens (tertiary/aromatic N) is 1. The van der Waals surface area contributed by atoms with Gasteiger partial charge in [-0.25, -0.2) is 0 Å². The van der Waals surface area contributed by atoms with Gasteiger partial charge in [0.05, 0.1) is 26.5 Å². The summed E-state index contributed by atoms with van der Waals surface area (Å²) in [6, 6.07) is 14.1. The first-order chi connectivity index (χ1) is 14.6. The normalized spacial score (nSPS) is 14.7. The highest BCUT2D eigenvalue weighted by molar-refractivity contribution is 5.94. The Morgan fingerprint density at radius 2 is 1.73 bits per heavy atom. The van der Waals surface area contributed by atoms with Gasteiger partial charge in [-0.2, -0.15) is 0 Å². The van der Waals surface area contributed by atoms with Gasteiger partial charge in [-0.15, -0.1) is 0 Å². The van der Waals surface area contributed by atoms with E-state index in [0.29, 0.717) is 17.2 Å². The van der Waals surface area contributed by atoms with Gasteiger partial charge in [-0.3, -0.25) is 14.9 Å². The summed E-state index contributed by atoms with van der Waals surface area (Å²) in [5.41, 5.74) is 1.36. The number of hydrogen-bond acceptors (Lipinski definition) is 5. The molecule has 0 aliphatic carbocycles. The molecule has 1 heterocycles. The zero-order valence-electron chi connectivity index (χ0n) is 17.5. The Labute approximate surface area is 177 Å². The quantitative estimate of drug-likeness (QED) is 0.698. The number of ether oxygens (including phenoxy) is 2. The third kappa shape index (κ3) is 5.51. The number of amides is 2. The maximum Gasteiger partial charge on any atom is 0.244 e. The monoisotopic (exact) mass is 411 g/mol. The summed E-state index contributed by atoms with van der Waals surface area (Å²) in [5, 5.41) is 5.97. The molecule has 0 bridgehead atoms. The Morgan fingerprint density at radius 3 is 2.40 bits per heavy atom. The molecule has 0 radical (unpaired) electrons. The minimum Gasteiger partial charge on any atom is -0.497 e. The summed E-state index contributed by atoms with van der Waals surface area (Å²) >= 11 is 0. The second kappa shape index (κ2) is 10.6. The van der Waals surface area contributed by atoms with E-state index in [1.807, 2.05) is 35.2 Å². The summed E-state index contributed by atoms with van der Waals surface area (Å²) in [7, 11) is 3.10. The molecule has 1 aliphatic rings. The van der Waals surface area contributed by atoms with Gasteiger partial charge in [0, 0.05) is 19.2 Å². The maximum absolute atomic E-state index is 13.1. The number of benzene rings is 2. The molecule has 0 aromatic heterocycles. The standard InChI is InChI=1S/C23H29N3O4/c1-29-18-11-12-20(30-2)19(15-18)25-21(27)16-24-22(17-9-5-3-6-10-17)23(28)26-13-7-4-8-14-26/h3,5-6,9-12,15,22,24H,4,7-8,13-14,16H2,1-2H3,(H,25,27). The predicted octanol–water partition coefficient (Wildman–Crippen LogP) is 2.99. The summed E-state index contributed by atoms with van der Waals surface area (Å²) in [5.74, 6) is 0.885. The van der Waals surface area contributed by atoms with Gasteiger partial charge in [0.15, 0.2) is 0 Å². The molecule has 160 valence electrons. The van der Waals surface area contributed by atoms with E-state index in [2.05, 4.69) is 10.6 Å². The largest absolute Gasteiger partial charge is 0.497 e. The van der Waals surface area contributed by atoms with E-state index >= 15 is 0 Å². The van der Waals surface area contributed by atoms with Crippen molar-refractivity contribution in [3.8, 4) is 11.5 Å². The second-order valence-corrected chi connectivity index (χ2v) is 7.22. The Morgan fingerprint density at radius 1 is 1.00 bits per heavy atom. The first-order valence-electron chi connectivity index (χ1n) is 10.2. The molecule has 2 amide bonds. The Hall–Kier alpha value is -3.06. The van der Waals surface area contributed by atoms with Gasteiger partial charge in [0.1, 0.15) is 17.5 Å². The molecular formula is C23H29N3O4. The fourth-order valence-corrected chi connectivity index (χ4v) is 3.59. The maximum atomic E-state index is 13.1. The molecule has 30 heavy (non-hydrogen) atoms. The van der Waals surface area contributed by atoms with Crippen molar-refractivity contribution in [1.29, 1.82) is 0 Å². The van der Waals surface area contributed by atoms with Crippen molar-refractivity contribution in [3.63, 3.8) is 0 Å². The Balaban J connectivity index is 1.69. The second-order valence-electron chi connectivity index (χ2n) is 7.22. The number of carbonyl (C=O) groups excluding carboxylic acids is 2. The Bertz CT molecular complexity index is 851. The molecule has 1 unspecified atom stereocenters. The number of likely N-dealkylation sites (tertiary alicyclic amines) is 1. The van der Waals surface area contributed by atoms with Crippen LogP contribution in [-0.4, -0.2) is 50.6 Å². The molecule has 3 rings (SSSR count). The lowest BCUT2D eigenvalue weighted by molar-refractivity contribution is -0.134. The number of rotatable bonds is 8. The first kappa shape index (κ1) is 21.6. The van der Waals surface area contributed by atoms with Crippen molar-refractivity contribution in [2.24, 2.45) is 0 Å². The molecule has 7 heteroatoms. The molecule has 2 aromatic rings. The van der Waals surface area contributed by atoms with E-state index in [-0.39, 0.29) is 18.4 Å².